The summed E-state index contributed by atoms with van der Waals surface area (Å²) in [6.45, 7) is 0.390. The van der Waals surface area contributed by atoms with Gasteiger partial charge in [-0.2, -0.15) is 0 Å². The van der Waals surface area contributed by atoms with Crippen LogP contribution in [0.4, 0.5) is 5.82 Å². The zero-order valence-corrected chi connectivity index (χ0v) is 8.38. The second kappa shape index (κ2) is 4.43. The molecule has 0 spiro atoms. The molecule has 0 fully saturated rings. The molecule has 0 aliphatic heterocycles. The second-order valence-corrected chi connectivity index (χ2v) is 3.14. The zero-order valence-electron chi connectivity index (χ0n) is 8.38. The summed E-state index contributed by atoms with van der Waals surface area (Å²) in [7, 11) is 0. The van der Waals surface area contributed by atoms with Crippen molar-refractivity contribution in [1.29, 1.82) is 0 Å². The number of nitrogens with zero attached hydrogens (tertiary/aromatic N) is 2. The van der Waals surface area contributed by atoms with E-state index in [0.717, 1.165) is 5.56 Å². The minimum atomic E-state index is -0.297. The Hall–Kier alpha value is -2.37. The van der Waals surface area contributed by atoms with Gasteiger partial charge in [0.2, 0.25) is 0 Å². The Kier molecular flexibility index (Phi) is 2.81. The predicted molar refractivity (Wildman–Crippen MR) is 56.3 cm³/mol. The quantitative estimate of drug-likeness (QED) is 0.785. The van der Waals surface area contributed by atoms with E-state index >= 15 is 0 Å². The number of aromatic nitrogens is 2. The normalized spacial score (nSPS) is 10.0. The van der Waals surface area contributed by atoms with Crippen LogP contribution >= 0.6 is 0 Å². The highest BCUT2D eigenvalue weighted by Gasteiger charge is 2.07. The highest BCUT2D eigenvalue weighted by Crippen LogP contribution is 2.00. The monoisotopic (exact) mass is 218 g/mol. The van der Waals surface area contributed by atoms with Crippen molar-refractivity contribution in [2.24, 2.45) is 0 Å². The molecule has 0 aromatic carbocycles. The number of nitrogen functional groups attached to an aromatic ring is 1. The molecule has 0 atom stereocenters. The highest BCUT2D eigenvalue weighted by molar-refractivity contribution is 5.91. The van der Waals surface area contributed by atoms with Gasteiger partial charge in [0, 0.05) is 12.1 Å². The van der Waals surface area contributed by atoms with Gasteiger partial charge in [0.05, 0.1) is 24.9 Å². The fraction of sp³-hybridized carbons (Fsp3) is 0.100. The van der Waals surface area contributed by atoms with Gasteiger partial charge in [-0.05, 0) is 6.07 Å². The molecule has 0 saturated carbocycles. The molecule has 0 radical (unpaired) electrons. The molecule has 16 heavy (non-hydrogen) atoms. The van der Waals surface area contributed by atoms with Gasteiger partial charge in [0.25, 0.3) is 5.91 Å². The van der Waals surface area contributed by atoms with Crippen molar-refractivity contribution in [2.45, 2.75) is 6.54 Å². The Morgan fingerprint density at radius 3 is 2.94 bits per heavy atom. The van der Waals surface area contributed by atoms with Gasteiger partial charge in [-0.3, -0.25) is 4.79 Å². The number of hydrogen-bond donors (Lipinski definition) is 2. The van der Waals surface area contributed by atoms with Gasteiger partial charge in [-0.25, -0.2) is 9.97 Å². The van der Waals surface area contributed by atoms with E-state index in [9.17, 15) is 4.79 Å². The number of carbonyl (C=O) groups excluding carboxylic acids is 1. The number of carbonyl (C=O) groups is 1. The molecule has 2 aromatic heterocycles. The predicted octanol–water partition coefficient (Wildman–Crippen LogP) is 0.582. The van der Waals surface area contributed by atoms with Crippen molar-refractivity contribution < 1.29 is 9.21 Å². The first-order valence-corrected chi connectivity index (χ1v) is 4.62. The lowest BCUT2D eigenvalue weighted by Crippen LogP contribution is -2.23. The minimum absolute atomic E-state index is 0.234. The Morgan fingerprint density at radius 2 is 2.31 bits per heavy atom. The van der Waals surface area contributed by atoms with Gasteiger partial charge >= 0.3 is 0 Å². The summed E-state index contributed by atoms with van der Waals surface area (Å²) >= 11 is 0. The summed E-state index contributed by atoms with van der Waals surface area (Å²) in [6, 6.07) is 1.77. The largest absolute Gasteiger partial charge is 0.472 e. The second-order valence-electron chi connectivity index (χ2n) is 3.14. The van der Waals surface area contributed by atoms with Crippen LogP contribution in [0.2, 0.25) is 0 Å². The summed E-state index contributed by atoms with van der Waals surface area (Å²) < 4.78 is 4.87. The first-order valence-electron chi connectivity index (χ1n) is 4.62. The van der Waals surface area contributed by atoms with Crippen LogP contribution < -0.4 is 11.1 Å². The van der Waals surface area contributed by atoms with Gasteiger partial charge in [-0.1, -0.05) is 0 Å². The summed E-state index contributed by atoms with van der Waals surface area (Å²) in [5, 5.41) is 2.68. The third-order valence-corrected chi connectivity index (χ3v) is 1.94. The number of nitrogens with two attached hydrogens (primary N) is 1. The molecule has 2 rings (SSSR count). The molecule has 0 aliphatic carbocycles. The number of nitrogens with one attached hydrogen (secondary N) is 1. The van der Waals surface area contributed by atoms with Crippen LogP contribution in [0.1, 0.15) is 16.1 Å². The maximum Gasteiger partial charge on any atom is 0.271 e. The van der Waals surface area contributed by atoms with Gasteiger partial charge in [0.15, 0.2) is 0 Å². The van der Waals surface area contributed by atoms with Crippen molar-refractivity contribution in [2.75, 3.05) is 5.73 Å². The number of anilines is 1. The molecule has 6 nitrogen and oxygen atoms in total. The Labute approximate surface area is 91.5 Å². The number of furan rings is 1. The number of amides is 1. The average Bonchev–Trinajstić information content (AvgIpc) is 2.80. The average molecular weight is 218 g/mol. The minimum Gasteiger partial charge on any atom is -0.472 e. The van der Waals surface area contributed by atoms with Crippen LogP contribution in [-0.2, 0) is 6.54 Å². The highest BCUT2D eigenvalue weighted by atomic mass is 16.3. The van der Waals surface area contributed by atoms with Crippen molar-refractivity contribution in [3.05, 3.63) is 42.2 Å². The fourth-order valence-electron chi connectivity index (χ4n) is 1.12. The Bertz CT molecular complexity index is 464. The standard InChI is InChI=1S/C10H10N4O2/c11-9-5-12-8(4-13-9)10(15)14-3-7-1-2-16-6-7/h1-2,4-6H,3H2,(H2,11,13)(H,14,15). The fourth-order valence-corrected chi connectivity index (χ4v) is 1.12. The maximum absolute atomic E-state index is 11.6. The molecule has 2 aromatic rings. The van der Waals surface area contributed by atoms with Crippen LogP contribution in [0.25, 0.3) is 0 Å². The third-order valence-electron chi connectivity index (χ3n) is 1.94. The van der Waals surface area contributed by atoms with Crippen LogP contribution in [-0.4, -0.2) is 15.9 Å². The van der Waals surface area contributed by atoms with Crippen molar-refractivity contribution in [3.8, 4) is 0 Å². The first kappa shape index (κ1) is 10.2. The molecule has 0 aliphatic rings. The van der Waals surface area contributed by atoms with Gasteiger partial charge in [0.1, 0.15) is 11.5 Å². The molecule has 82 valence electrons. The lowest BCUT2D eigenvalue weighted by atomic mass is 10.3. The van der Waals surface area contributed by atoms with E-state index in [1.54, 1.807) is 18.6 Å². The van der Waals surface area contributed by atoms with Crippen LogP contribution in [0.3, 0.4) is 0 Å². The molecule has 0 unspecified atom stereocenters. The SMILES string of the molecule is Nc1cnc(C(=O)NCc2ccoc2)cn1. The van der Waals surface area contributed by atoms with Crippen LogP contribution in [0.15, 0.2) is 35.4 Å². The molecule has 0 saturated heterocycles. The van der Waals surface area contributed by atoms with E-state index < -0.39 is 0 Å². The van der Waals surface area contributed by atoms with Gasteiger partial charge < -0.3 is 15.5 Å². The number of rotatable bonds is 3. The third kappa shape index (κ3) is 2.35. The molecule has 6 heteroatoms. The van der Waals surface area contributed by atoms with E-state index in [4.69, 9.17) is 10.2 Å². The van der Waals surface area contributed by atoms with E-state index in [-0.39, 0.29) is 17.4 Å². The van der Waals surface area contributed by atoms with E-state index in [2.05, 4.69) is 15.3 Å². The summed E-state index contributed by atoms with van der Waals surface area (Å²) in [6.07, 6.45) is 5.78. The molecular formula is C10H10N4O2. The van der Waals surface area contributed by atoms with E-state index in [0.29, 0.717) is 6.54 Å². The van der Waals surface area contributed by atoms with Crippen molar-refractivity contribution >= 4 is 11.7 Å². The topological polar surface area (TPSA) is 94.0 Å². The zero-order chi connectivity index (χ0) is 11.4. The smallest absolute Gasteiger partial charge is 0.271 e. The molecule has 3 N–H and O–H groups in total. The summed E-state index contributed by atoms with van der Waals surface area (Å²) in [5.74, 6) is -0.0138. The molecule has 2 heterocycles. The lowest BCUT2D eigenvalue weighted by molar-refractivity contribution is 0.0945. The Balaban J connectivity index is 1.95. The van der Waals surface area contributed by atoms with E-state index in [1.807, 2.05) is 0 Å². The van der Waals surface area contributed by atoms with Crippen molar-refractivity contribution in [3.63, 3.8) is 0 Å². The summed E-state index contributed by atoms with van der Waals surface area (Å²) in [5.41, 5.74) is 6.48. The lowest BCUT2D eigenvalue weighted by Gasteiger charge is -2.02. The van der Waals surface area contributed by atoms with Crippen LogP contribution in [0.5, 0.6) is 0 Å². The van der Waals surface area contributed by atoms with E-state index in [1.165, 1.54) is 12.4 Å². The van der Waals surface area contributed by atoms with Crippen LogP contribution in [0, 0.1) is 0 Å². The molecule has 0 bridgehead atoms. The molecule has 1 amide bonds. The van der Waals surface area contributed by atoms with Crippen molar-refractivity contribution in [1.82, 2.24) is 15.3 Å². The summed E-state index contributed by atoms with van der Waals surface area (Å²) in [4.78, 5) is 19.2. The maximum atomic E-state index is 11.6. The molecular weight excluding hydrogens is 208 g/mol. The first-order chi connectivity index (χ1) is 7.75. The van der Waals surface area contributed by atoms with Gasteiger partial charge in [-0.15, -0.1) is 0 Å². The number of hydrogen-bond acceptors (Lipinski definition) is 5. The Morgan fingerprint density at radius 1 is 1.44 bits per heavy atom.